The van der Waals surface area contributed by atoms with Crippen molar-refractivity contribution in [1.82, 2.24) is 19.3 Å². The van der Waals surface area contributed by atoms with E-state index in [4.69, 9.17) is 9.47 Å². The summed E-state index contributed by atoms with van der Waals surface area (Å²) in [5.41, 5.74) is -2.61. The Labute approximate surface area is 190 Å². The Morgan fingerprint density at radius 1 is 1.29 bits per heavy atom. The van der Waals surface area contributed by atoms with E-state index in [1.165, 1.54) is 6.92 Å². The number of anilines is 1. The molecule has 15 heteroatoms. The second kappa shape index (κ2) is 12.2. The molecule has 0 radical (unpaired) electrons. The number of H-pyrrole nitrogens is 1. The monoisotopic (exact) mass is 489 g/mol. The maximum atomic E-state index is 14.1. The lowest BCUT2D eigenvalue weighted by atomic mass is 10.1. The number of hydrogen-bond donors (Lipinski definition) is 4. The highest BCUT2D eigenvalue weighted by Gasteiger charge is 2.42. The molecule has 0 bridgehead atoms. The molecular formula is C19H25F2N5O8. The predicted octanol–water partition coefficient (Wildman–Crippen LogP) is 0.0294. The maximum Gasteiger partial charge on any atom is 0.412 e. The Hall–Kier alpha value is -3.43. The van der Waals surface area contributed by atoms with E-state index in [0.717, 1.165) is 35.9 Å². The molecule has 0 aromatic carbocycles. The number of aliphatic hydroxyl groups excluding tert-OH is 2. The topological polar surface area (TPSA) is 178 Å². The molecule has 34 heavy (non-hydrogen) atoms. The van der Waals surface area contributed by atoms with Crippen molar-refractivity contribution in [3.63, 3.8) is 0 Å². The van der Waals surface area contributed by atoms with E-state index < -0.39 is 59.2 Å². The van der Waals surface area contributed by atoms with Crippen molar-refractivity contribution in [2.45, 2.75) is 57.6 Å². The van der Waals surface area contributed by atoms with Crippen LogP contribution >= 0.6 is 0 Å². The summed E-state index contributed by atoms with van der Waals surface area (Å²) in [7, 11) is 0. The van der Waals surface area contributed by atoms with Gasteiger partial charge in [-0.2, -0.15) is 4.98 Å². The first-order valence-electron chi connectivity index (χ1n) is 10.3. The molecule has 1 saturated heterocycles. The largest absolute Gasteiger partial charge is 0.449 e. The number of carbonyl (C=O) groups is 1. The zero-order valence-electron chi connectivity index (χ0n) is 18.3. The van der Waals surface area contributed by atoms with Crippen LogP contribution in [-0.4, -0.2) is 60.5 Å². The van der Waals surface area contributed by atoms with E-state index in [2.05, 4.69) is 10.3 Å². The molecule has 1 aliphatic heterocycles. The molecule has 188 valence electrons. The molecule has 1 amide bonds. The smallest absolute Gasteiger partial charge is 0.412 e. The van der Waals surface area contributed by atoms with Gasteiger partial charge in [-0.3, -0.25) is 19.7 Å². The van der Waals surface area contributed by atoms with E-state index >= 15 is 0 Å². The van der Waals surface area contributed by atoms with Gasteiger partial charge in [0.2, 0.25) is 0 Å². The molecule has 13 nitrogen and oxygen atoms in total. The number of nitrogens with one attached hydrogen (secondary N) is 2. The van der Waals surface area contributed by atoms with Crippen LogP contribution in [0.1, 0.15) is 39.3 Å². The number of ether oxygens (including phenoxy) is 2. The number of unbranched alkanes of at least 4 members (excludes halogenated alkanes) is 2. The Morgan fingerprint density at radius 3 is 2.56 bits per heavy atom. The highest BCUT2D eigenvalue weighted by molar-refractivity contribution is 5.83. The van der Waals surface area contributed by atoms with Crippen LogP contribution in [0.4, 0.5) is 19.5 Å². The molecule has 4 N–H and O–H groups in total. The lowest BCUT2D eigenvalue weighted by Gasteiger charge is -2.17. The van der Waals surface area contributed by atoms with Crippen molar-refractivity contribution in [2.24, 2.45) is 0 Å². The standard InChI is InChI=1S/C15H22FN3O6.C4H3FN2O2/c1-3-4-5-6-24-15(23)18-12-9(16)7-19(14(22)17-12)13-11(21)10(20)8(2)25-13;5-7-2-1-3(8)6-4(7)9/h7-8,10-11,13,20-21H,3-6H2,1-2H3,(H,17,18,22,23);1-2H,(H,6,8,9)/t8-,10-,11-,13-;/m1./s1. The maximum absolute atomic E-state index is 14.1. The zero-order chi connectivity index (χ0) is 25.4. The van der Waals surface area contributed by atoms with Gasteiger partial charge >= 0.3 is 17.5 Å². The van der Waals surface area contributed by atoms with E-state index in [1.807, 2.05) is 6.92 Å². The zero-order valence-corrected chi connectivity index (χ0v) is 18.3. The normalized spacial score (nSPS) is 21.5. The number of rotatable bonds is 6. The van der Waals surface area contributed by atoms with Crippen molar-refractivity contribution in [3.05, 3.63) is 55.6 Å². The quantitative estimate of drug-likeness (QED) is 0.408. The number of aliphatic hydroxyl groups is 2. The van der Waals surface area contributed by atoms with Crippen LogP contribution in [0.2, 0.25) is 0 Å². The van der Waals surface area contributed by atoms with Crippen LogP contribution in [0.3, 0.4) is 0 Å². The number of aromatic nitrogens is 4. The Morgan fingerprint density at radius 2 is 2.00 bits per heavy atom. The van der Waals surface area contributed by atoms with Gasteiger partial charge in [-0.15, -0.1) is 4.79 Å². The Bertz CT molecular complexity index is 1150. The minimum Gasteiger partial charge on any atom is -0.449 e. The SMILES string of the molecule is CCCCCOC(=O)Nc1nc(=O)n([C@@H]2O[C@H](C)[C@@H](O)[C@H]2O)cc1F.O=c1ccn(F)c(=O)[nH]1. The molecule has 2 aromatic rings. The number of hydrogen-bond acceptors (Lipinski definition) is 9. The summed E-state index contributed by atoms with van der Waals surface area (Å²) < 4.78 is 36.9. The molecule has 0 aliphatic carbocycles. The number of carbonyl (C=O) groups excluding carboxylic acids is 1. The van der Waals surface area contributed by atoms with Crippen LogP contribution in [0, 0.1) is 5.82 Å². The van der Waals surface area contributed by atoms with Crippen LogP contribution in [0.15, 0.2) is 32.8 Å². The second-order valence-electron chi connectivity index (χ2n) is 7.23. The Balaban J connectivity index is 0.000000379. The molecule has 2 aromatic heterocycles. The van der Waals surface area contributed by atoms with Gasteiger partial charge in [0.05, 0.1) is 18.9 Å². The van der Waals surface area contributed by atoms with Gasteiger partial charge in [0.25, 0.3) is 5.56 Å². The average Bonchev–Trinajstić information content (AvgIpc) is 3.04. The average molecular weight is 489 g/mol. The molecule has 4 atom stereocenters. The minimum atomic E-state index is -1.41. The summed E-state index contributed by atoms with van der Waals surface area (Å²) in [5, 5.41) is 21.6. The lowest BCUT2D eigenvalue weighted by Crippen LogP contribution is -2.36. The van der Waals surface area contributed by atoms with Gasteiger partial charge in [0.1, 0.15) is 12.2 Å². The molecule has 3 heterocycles. The number of nitrogens with zero attached hydrogens (tertiary/aromatic N) is 3. The van der Waals surface area contributed by atoms with Gasteiger partial charge in [0.15, 0.2) is 17.9 Å². The first-order chi connectivity index (χ1) is 16.0. The Kier molecular flexibility index (Phi) is 9.58. The summed E-state index contributed by atoms with van der Waals surface area (Å²) >= 11 is 0. The number of halogens is 2. The molecule has 0 spiro atoms. The molecular weight excluding hydrogens is 464 g/mol. The van der Waals surface area contributed by atoms with E-state index in [1.54, 1.807) is 4.98 Å². The van der Waals surface area contributed by atoms with E-state index in [9.17, 15) is 38.3 Å². The van der Waals surface area contributed by atoms with Crippen LogP contribution in [-0.2, 0) is 9.47 Å². The fourth-order valence-electron chi connectivity index (χ4n) is 2.82. The van der Waals surface area contributed by atoms with Crippen molar-refractivity contribution in [1.29, 1.82) is 0 Å². The summed E-state index contributed by atoms with van der Waals surface area (Å²) in [6, 6.07) is 0.918. The fraction of sp³-hybridized carbons (Fsp3) is 0.526. The molecule has 1 aliphatic rings. The summed E-state index contributed by atoms with van der Waals surface area (Å²) in [6.07, 6.45) is -1.50. The highest BCUT2D eigenvalue weighted by Crippen LogP contribution is 2.28. The van der Waals surface area contributed by atoms with Crippen molar-refractivity contribution < 1.29 is 33.4 Å². The lowest BCUT2D eigenvalue weighted by molar-refractivity contribution is -0.0355. The van der Waals surface area contributed by atoms with Crippen LogP contribution in [0.25, 0.3) is 0 Å². The number of aromatic amines is 1. The highest BCUT2D eigenvalue weighted by atomic mass is 19.2. The third-order valence-corrected chi connectivity index (χ3v) is 4.64. The summed E-state index contributed by atoms with van der Waals surface area (Å²) in [6.45, 7) is 3.68. The van der Waals surface area contributed by atoms with E-state index in [0.29, 0.717) is 6.42 Å². The first kappa shape index (κ1) is 26.8. The fourth-order valence-corrected chi connectivity index (χ4v) is 2.82. The van der Waals surface area contributed by atoms with Gasteiger partial charge in [-0.05, 0) is 13.3 Å². The number of amides is 1. The minimum absolute atomic E-state index is 0.177. The second-order valence-corrected chi connectivity index (χ2v) is 7.23. The first-order valence-corrected chi connectivity index (χ1v) is 10.3. The molecule has 0 unspecified atom stereocenters. The third-order valence-electron chi connectivity index (χ3n) is 4.64. The molecule has 0 saturated carbocycles. The van der Waals surface area contributed by atoms with Gasteiger partial charge in [-0.25, -0.2) is 18.8 Å². The van der Waals surface area contributed by atoms with E-state index in [-0.39, 0.29) is 11.4 Å². The summed E-state index contributed by atoms with van der Waals surface area (Å²) in [5.74, 6) is -1.59. The van der Waals surface area contributed by atoms with Crippen molar-refractivity contribution in [2.75, 3.05) is 11.9 Å². The third kappa shape index (κ3) is 7.03. The molecule has 3 rings (SSSR count). The summed E-state index contributed by atoms with van der Waals surface area (Å²) in [4.78, 5) is 48.9. The predicted molar refractivity (Wildman–Crippen MR) is 112 cm³/mol. The van der Waals surface area contributed by atoms with Crippen LogP contribution in [0.5, 0.6) is 0 Å². The van der Waals surface area contributed by atoms with Crippen molar-refractivity contribution >= 4 is 11.9 Å². The van der Waals surface area contributed by atoms with Gasteiger partial charge < -0.3 is 19.7 Å². The van der Waals surface area contributed by atoms with Gasteiger partial charge in [0, 0.05) is 12.3 Å². The van der Waals surface area contributed by atoms with Gasteiger partial charge in [-0.1, -0.05) is 24.2 Å². The van der Waals surface area contributed by atoms with Crippen LogP contribution < -0.4 is 22.3 Å². The van der Waals surface area contributed by atoms with Crippen molar-refractivity contribution in [3.8, 4) is 0 Å². The molecule has 1 fully saturated rings.